The maximum atomic E-state index is 2.50. The summed E-state index contributed by atoms with van der Waals surface area (Å²) < 4.78 is 0. The van der Waals surface area contributed by atoms with Gasteiger partial charge in [-0.25, -0.2) is 0 Å². The smallest absolute Gasteiger partial charge is 0.00126 e. The monoisotopic (exact) mass is 261 g/mol. The summed E-state index contributed by atoms with van der Waals surface area (Å²) >= 11 is 0. The van der Waals surface area contributed by atoms with Gasteiger partial charge in [0.2, 0.25) is 0 Å². The Kier molecular flexibility index (Phi) is 7.15. The van der Waals surface area contributed by atoms with Crippen molar-refractivity contribution in [3.8, 4) is 0 Å². The van der Waals surface area contributed by atoms with Gasteiger partial charge in [-0.2, -0.15) is 0 Å². The van der Waals surface area contributed by atoms with Crippen molar-refractivity contribution in [3.63, 3.8) is 0 Å². The lowest BCUT2D eigenvalue weighted by Crippen LogP contribution is -2.39. The van der Waals surface area contributed by atoms with Gasteiger partial charge in [0.1, 0.15) is 0 Å². The normalized spacial score (nSPS) is 24.9. The summed E-state index contributed by atoms with van der Waals surface area (Å²) in [5, 5.41) is 0. The summed E-state index contributed by atoms with van der Waals surface area (Å²) in [5.41, 5.74) is 3.27. The van der Waals surface area contributed by atoms with Crippen LogP contribution in [0.3, 0.4) is 0 Å². The molecule has 3 rings (SSSR count). The maximum Gasteiger partial charge on any atom is 0.00126 e. The zero-order valence-electron chi connectivity index (χ0n) is 13.4. The van der Waals surface area contributed by atoms with Crippen molar-refractivity contribution in [3.05, 3.63) is 35.4 Å². The second kappa shape index (κ2) is 8.37. The number of nitrogens with zero attached hydrogens (tertiary/aromatic N) is 1. The van der Waals surface area contributed by atoms with Crippen molar-refractivity contribution in [2.45, 2.75) is 52.9 Å². The van der Waals surface area contributed by atoms with E-state index in [1.54, 1.807) is 11.1 Å². The van der Waals surface area contributed by atoms with Gasteiger partial charge >= 0.3 is 0 Å². The topological polar surface area (TPSA) is 3.24 Å². The molecule has 0 bridgehead atoms. The molecule has 108 valence electrons. The van der Waals surface area contributed by atoms with Crippen LogP contribution in [0.5, 0.6) is 0 Å². The standard InChI is InChI=1S/C14H19N.2C2H6/c1-15-9-8-14-12(10-15)7-6-11-4-2-3-5-13(11)14;2*1-2/h2-5,12,14H,6-10H2,1H3;2*1-2H3. The summed E-state index contributed by atoms with van der Waals surface area (Å²) in [7, 11) is 2.26. The van der Waals surface area contributed by atoms with Crippen molar-refractivity contribution in [1.29, 1.82) is 0 Å². The summed E-state index contributed by atoms with van der Waals surface area (Å²) in [5.74, 6) is 1.77. The Labute approximate surface area is 120 Å². The number of hydrogen-bond donors (Lipinski definition) is 0. The quantitative estimate of drug-likeness (QED) is 0.653. The number of fused-ring (bicyclic) bond motifs is 3. The van der Waals surface area contributed by atoms with Gasteiger partial charge < -0.3 is 4.90 Å². The van der Waals surface area contributed by atoms with E-state index in [-0.39, 0.29) is 0 Å². The molecule has 0 saturated carbocycles. The third kappa shape index (κ3) is 3.82. The van der Waals surface area contributed by atoms with E-state index in [0.29, 0.717) is 0 Å². The van der Waals surface area contributed by atoms with Crippen LogP contribution in [-0.4, -0.2) is 25.0 Å². The number of aryl methyl sites for hydroxylation is 1. The number of likely N-dealkylation sites (tertiary alicyclic amines) is 1. The fraction of sp³-hybridized carbons (Fsp3) is 0.667. The molecule has 0 aromatic heterocycles. The van der Waals surface area contributed by atoms with Crippen LogP contribution >= 0.6 is 0 Å². The molecule has 19 heavy (non-hydrogen) atoms. The molecule has 1 aromatic rings. The fourth-order valence-electron chi connectivity index (χ4n) is 3.38. The van der Waals surface area contributed by atoms with Crippen molar-refractivity contribution < 1.29 is 0 Å². The zero-order valence-corrected chi connectivity index (χ0v) is 13.4. The average Bonchev–Trinajstić information content (AvgIpc) is 2.51. The van der Waals surface area contributed by atoms with Crippen LogP contribution in [0.2, 0.25) is 0 Å². The number of hydrogen-bond acceptors (Lipinski definition) is 1. The first-order valence-electron chi connectivity index (χ1n) is 8.11. The van der Waals surface area contributed by atoms with Crippen LogP contribution in [-0.2, 0) is 6.42 Å². The van der Waals surface area contributed by atoms with Gasteiger partial charge in [-0.15, -0.1) is 0 Å². The molecule has 2 aliphatic rings. The highest BCUT2D eigenvalue weighted by molar-refractivity contribution is 5.33. The number of piperidine rings is 1. The van der Waals surface area contributed by atoms with E-state index in [4.69, 9.17) is 0 Å². The molecule has 1 fully saturated rings. The van der Waals surface area contributed by atoms with Gasteiger partial charge in [0.25, 0.3) is 0 Å². The minimum absolute atomic E-state index is 0.853. The minimum Gasteiger partial charge on any atom is -0.306 e. The summed E-state index contributed by atoms with van der Waals surface area (Å²) in [4.78, 5) is 2.50. The first-order valence-corrected chi connectivity index (χ1v) is 8.11. The summed E-state index contributed by atoms with van der Waals surface area (Å²) in [6, 6.07) is 9.08. The second-order valence-electron chi connectivity index (χ2n) is 5.15. The van der Waals surface area contributed by atoms with Gasteiger partial charge in [0.15, 0.2) is 0 Å². The third-order valence-electron chi connectivity index (χ3n) is 4.18. The molecule has 1 nitrogen and oxygen atoms in total. The van der Waals surface area contributed by atoms with Crippen molar-refractivity contribution >= 4 is 0 Å². The van der Waals surface area contributed by atoms with Gasteiger partial charge in [0.05, 0.1) is 0 Å². The molecular weight excluding hydrogens is 230 g/mol. The predicted octanol–water partition coefficient (Wildman–Crippen LogP) is 4.72. The molecule has 1 saturated heterocycles. The Bertz CT molecular complexity index is 358. The predicted molar refractivity (Wildman–Crippen MR) is 85.8 cm³/mol. The lowest BCUT2D eigenvalue weighted by Gasteiger charge is -2.41. The molecule has 1 heteroatoms. The zero-order chi connectivity index (χ0) is 14.3. The van der Waals surface area contributed by atoms with Gasteiger partial charge in [0, 0.05) is 6.54 Å². The molecule has 1 heterocycles. The Balaban J connectivity index is 0.000000415. The Hall–Kier alpha value is -0.820. The Morgan fingerprint density at radius 3 is 2.42 bits per heavy atom. The first kappa shape index (κ1) is 16.2. The van der Waals surface area contributed by atoms with E-state index < -0.39 is 0 Å². The second-order valence-corrected chi connectivity index (χ2v) is 5.15. The van der Waals surface area contributed by atoms with E-state index >= 15 is 0 Å². The first-order chi connectivity index (χ1) is 9.34. The van der Waals surface area contributed by atoms with Crippen LogP contribution in [0.4, 0.5) is 0 Å². The lowest BCUT2D eigenvalue weighted by molar-refractivity contribution is 0.169. The summed E-state index contributed by atoms with van der Waals surface area (Å²) in [6.45, 7) is 10.6. The highest BCUT2D eigenvalue weighted by atomic mass is 15.1. The molecule has 2 unspecified atom stereocenters. The van der Waals surface area contributed by atoms with Crippen LogP contribution in [0.1, 0.15) is 57.6 Å². The Morgan fingerprint density at radius 2 is 1.68 bits per heavy atom. The molecule has 2 atom stereocenters. The van der Waals surface area contributed by atoms with E-state index in [1.165, 1.54) is 32.4 Å². The molecule has 0 amide bonds. The largest absolute Gasteiger partial charge is 0.306 e. The fourth-order valence-corrected chi connectivity index (χ4v) is 3.38. The molecular formula is C18H31N. The van der Waals surface area contributed by atoms with Gasteiger partial charge in [-0.05, 0) is 55.8 Å². The van der Waals surface area contributed by atoms with Gasteiger partial charge in [-0.1, -0.05) is 52.0 Å². The van der Waals surface area contributed by atoms with E-state index in [2.05, 4.69) is 36.2 Å². The van der Waals surface area contributed by atoms with Crippen LogP contribution < -0.4 is 0 Å². The van der Waals surface area contributed by atoms with E-state index in [9.17, 15) is 0 Å². The number of benzene rings is 1. The van der Waals surface area contributed by atoms with Crippen molar-refractivity contribution in [2.75, 3.05) is 20.1 Å². The SMILES string of the molecule is CC.CC.CN1CCC2c3ccccc3CCC2C1. The molecule has 0 N–H and O–H groups in total. The lowest BCUT2D eigenvalue weighted by atomic mass is 9.72. The summed E-state index contributed by atoms with van der Waals surface area (Å²) in [6.07, 6.45) is 4.05. The van der Waals surface area contributed by atoms with E-state index in [1.807, 2.05) is 27.7 Å². The van der Waals surface area contributed by atoms with Crippen molar-refractivity contribution in [2.24, 2.45) is 5.92 Å². The highest BCUT2D eigenvalue weighted by Gasteiger charge is 2.32. The molecule has 0 spiro atoms. The van der Waals surface area contributed by atoms with Gasteiger partial charge in [-0.3, -0.25) is 0 Å². The van der Waals surface area contributed by atoms with Crippen LogP contribution in [0.25, 0.3) is 0 Å². The van der Waals surface area contributed by atoms with Crippen molar-refractivity contribution in [1.82, 2.24) is 4.90 Å². The molecule has 1 aliphatic carbocycles. The van der Waals surface area contributed by atoms with E-state index in [0.717, 1.165) is 11.8 Å². The molecule has 1 aliphatic heterocycles. The Morgan fingerprint density at radius 1 is 1.00 bits per heavy atom. The van der Waals surface area contributed by atoms with Crippen LogP contribution in [0.15, 0.2) is 24.3 Å². The minimum atomic E-state index is 0.853. The number of rotatable bonds is 0. The third-order valence-corrected chi connectivity index (χ3v) is 4.18. The highest BCUT2D eigenvalue weighted by Crippen LogP contribution is 2.40. The maximum absolute atomic E-state index is 2.50. The molecule has 0 radical (unpaired) electrons. The average molecular weight is 261 g/mol. The van der Waals surface area contributed by atoms with Crippen LogP contribution in [0, 0.1) is 5.92 Å². The molecule has 1 aromatic carbocycles.